The Morgan fingerprint density at radius 3 is 2.39 bits per heavy atom. The average molecular weight is 336 g/mol. The van der Waals surface area contributed by atoms with Crippen LogP contribution in [0.3, 0.4) is 0 Å². The Morgan fingerprint density at radius 1 is 1.17 bits per heavy atom. The van der Waals surface area contributed by atoms with Crippen LogP contribution in [0.1, 0.15) is 12.5 Å². The molecule has 0 radical (unpaired) electrons. The Labute approximate surface area is 134 Å². The summed E-state index contributed by atoms with van der Waals surface area (Å²) in [6, 6.07) is 10.2. The SMILES string of the molecule is CCOc1ccc(NS(=O)(=O)c2ccc(C)cc2)c([N+](=O)[O-])c1. The molecule has 0 aliphatic rings. The lowest BCUT2D eigenvalue weighted by Crippen LogP contribution is -2.14. The Kier molecular flexibility index (Phi) is 4.85. The first-order valence-corrected chi connectivity index (χ1v) is 8.32. The Morgan fingerprint density at radius 2 is 1.83 bits per heavy atom. The molecule has 0 bridgehead atoms. The number of sulfonamides is 1. The first-order chi connectivity index (χ1) is 10.8. The molecule has 23 heavy (non-hydrogen) atoms. The van der Waals surface area contributed by atoms with Crippen molar-refractivity contribution >= 4 is 21.4 Å². The summed E-state index contributed by atoms with van der Waals surface area (Å²) >= 11 is 0. The Balaban J connectivity index is 2.38. The maximum Gasteiger partial charge on any atom is 0.297 e. The third kappa shape index (κ3) is 3.98. The van der Waals surface area contributed by atoms with Crippen LogP contribution < -0.4 is 9.46 Å². The van der Waals surface area contributed by atoms with E-state index in [1.165, 1.54) is 30.3 Å². The smallest absolute Gasteiger partial charge is 0.297 e. The third-order valence-electron chi connectivity index (χ3n) is 3.05. The van der Waals surface area contributed by atoms with E-state index < -0.39 is 14.9 Å². The van der Waals surface area contributed by atoms with Crippen LogP contribution in [0.5, 0.6) is 5.75 Å². The van der Waals surface area contributed by atoms with Crippen LogP contribution in [-0.2, 0) is 10.0 Å². The number of nitro benzene ring substituents is 1. The molecule has 122 valence electrons. The molecule has 0 unspecified atom stereocenters. The molecule has 0 atom stereocenters. The number of benzene rings is 2. The van der Waals surface area contributed by atoms with Crippen LogP contribution in [0.4, 0.5) is 11.4 Å². The highest BCUT2D eigenvalue weighted by Crippen LogP contribution is 2.30. The third-order valence-corrected chi connectivity index (χ3v) is 4.43. The lowest BCUT2D eigenvalue weighted by Gasteiger charge is -2.10. The molecule has 1 N–H and O–H groups in total. The average Bonchev–Trinajstić information content (AvgIpc) is 2.49. The maximum atomic E-state index is 12.3. The van der Waals surface area contributed by atoms with Gasteiger partial charge in [-0.25, -0.2) is 8.42 Å². The molecule has 2 aromatic rings. The normalized spacial score (nSPS) is 11.0. The fraction of sp³-hybridized carbons (Fsp3) is 0.200. The Bertz CT molecular complexity index is 816. The van der Waals surface area contributed by atoms with Crippen molar-refractivity contribution in [1.29, 1.82) is 0 Å². The Hall–Kier alpha value is -2.61. The number of anilines is 1. The van der Waals surface area contributed by atoms with E-state index in [1.54, 1.807) is 19.1 Å². The summed E-state index contributed by atoms with van der Waals surface area (Å²) in [4.78, 5) is 10.5. The van der Waals surface area contributed by atoms with Gasteiger partial charge in [0.2, 0.25) is 0 Å². The number of ether oxygens (including phenoxy) is 1. The summed E-state index contributed by atoms with van der Waals surface area (Å²) in [7, 11) is -3.91. The van der Waals surface area contributed by atoms with Crippen LogP contribution in [0.25, 0.3) is 0 Å². The van der Waals surface area contributed by atoms with Gasteiger partial charge in [0.15, 0.2) is 0 Å². The van der Waals surface area contributed by atoms with Crippen molar-refractivity contribution < 1.29 is 18.1 Å². The van der Waals surface area contributed by atoms with Gasteiger partial charge in [0.1, 0.15) is 11.4 Å². The van der Waals surface area contributed by atoms with Gasteiger partial charge in [-0.15, -0.1) is 0 Å². The summed E-state index contributed by atoms with van der Waals surface area (Å²) in [6.07, 6.45) is 0. The lowest BCUT2D eigenvalue weighted by atomic mass is 10.2. The zero-order valence-electron chi connectivity index (χ0n) is 12.6. The van der Waals surface area contributed by atoms with E-state index in [0.717, 1.165) is 5.56 Å². The van der Waals surface area contributed by atoms with Crippen LogP contribution in [0.15, 0.2) is 47.4 Å². The predicted molar refractivity (Wildman–Crippen MR) is 86.3 cm³/mol. The van der Waals surface area contributed by atoms with Gasteiger partial charge in [-0.2, -0.15) is 0 Å². The van der Waals surface area contributed by atoms with E-state index >= 15 is 0 Å². The predicted octanol–water partition coefficient (Wildman–Crippen LogP) is 3.10. The highest BCUT2D eigenvalue weighted by Gasteiger charge is 2.21. The molecule has 2 aromatic carbocycles. The van der Waals surface area contributed by atoms with Crippen molar-refractivity contribution in [3.63, 3.8) is 0 Å². The van der Waals surface area contributed by atoms with Crippen molar-refractivity contribution in [3.8, 4) is 5.75 Å². The second-order valence-corrected chi connectivity index (χ2v) is 6.47. The summed E-state index contributed by atoms with van der Waals surface area (Å²) in [6.45, 7) is 3.94. The molecule has 7 nitrogen and oxygen atoms in total. The molecule has 0 heterocycles. The number of rotatable bonds is 6. The summed E-state index contributed by atoms with van der Waals surface area (Å²) < 4.78 is 32.1. The number of aryl methyl sites for hydroxylation is 1. The molecule has 0 spiro atoms. The fourth-order valence-electron chi connectivity index (χ4n) is 1.93. The number of nitrogens with zero attached hydrogens (tertiary/aromatic N) is 1. The van der Waals surface area contributed by atoms with Crippen molar-refractivity contribution in [2.75, 3.05) is 11.3 Å². The molecule has 2 rings (SSSR count). The second-order valence-electron chi connectivity index (χ2n) is 4.79. The molecule has 0 amide bonds. The molecule has 0 aliphatic carbocycles. The zero-order valence-corrected chi connectivity index (χ0v) is 13.5. The van der Waals surface area contributed by atoms with E-state index in [1.807, 2.05) is 6.92 Å². The van der Waals surface area contributed by atoms with Gasteiger partial charge < -0.3 is 4.74 Å². The summed E-state index contributed by atoms with van der Waals surface area (Å²) in [5.74, 6) is 0.303. The van der Waals surface area contributed by atoms with Crippen LogP contribution in [0, 0.1) is 17.0 Å². The van der Waals surface area contributed by atoms with Gasteiger partial charge in [0.05, 0.1) is 22.5 Å². The number of hydrogen-bond acceptors (Lipinski definition) is 5. The zero-order chi connectivity index (χ0) is 17.0. The maximum absolute atomic E-state index is 12.3. The number of nitro groups is 1. The number of nitrogens with one attached hydrogen (secondary N) is 1. The van der Waals surface area contributed by atoms with Gasteiger partial charge in [-0.05, 0) is 38.1 Å². The first kappa shape index (κ1) is 16.8. The van der Waals surface area contributed by atoms with Crippen molar-refractivity contribution in [3.05, 3.63) is 58.1 Å². The van der Waals surface area contributed by atoms with Gasteiger partial charge >= 0.3 is 0 Å². The van der Waals surface area contributed by atoms with E-state index in [4.69, 9.17) is 4.74 Å². The fourth-order valence-corrected chi connectivity index (χ4v) is 3.00. The van der Waals surface area contributed by atoms with Gasteiger partial charge in [0, 0.05) is 0 Å². The molecule has 0 fully saturated rings. The molecule has 8 heteroatoms. The highest BCUT2D eigenvalue weighted by atomic mass is 32.2. The quantitative estimate of drug-likeness (QED) is 0.645. The van der Waals surface area contributed by atoms with Gasteiger partial charge in [-0.1, -0.05) is 17.7 Å². The van der Waals surface area contributed by atoms with Crippen LogP contribution in [-0.4, -0.2) is 19.9 Å². The molecule has 0 saturated heterocycles. The first-order valence-electron chi connectivity index (χ1n) is 6.84. The van der Waals surface area contributed by atoms with Crippen molar-refractivity contribution in [2.24, 2.45) is 0 Å². The summed E-state index contributed by atoms with van der Waals surface area (Å²) in [5, 5.41) is 11.2. The molecule has 0 aromatic heterocycles. The van der Waals surface area contributed by atoms with Crippen LogP contribution >= 0.6 is 0 Å². The molecule has 0 aliphatic heterocycles. The number of hydrogen-bond donors (Lipinski definition) is 1. The van der Waals surface area contributed by atoms with E-state index in [0.29, 0.717) is 12.4 Å². The summed E-state index contributed by atoms with van der Waals surface area (Å²) in [5.41, 5.74) is 0.432. The lowest BCUT2D eigenvalue weighted by molar-refractivity contribution is -0.384. The van der Waals surface area contributed by atoms with Crippen molar-refractivity contribution in [1.82, 2.24) is 0 Å². The van der Waals surface area contributed by atoms with Gasteiger partial charge in [0.25, 0.3) is 15.7 Å². The topological polar surface area (TPSA) is 98.5 Å². The second kappa shape index (κ2) is 6.66. The molecule has 0 saturated carbocycles. The minimum Gasteiger partial charge on any atom is -0.494 e. The van der Waals surface area contributed by atoms with E-state index in [-0.39, 0.29) is 16.3 Å². The standard InChI is InChI=1S/C15H16N2O5S/c1-3-22-12-6-9-14(15(10-12)17(18)19)16-23(20,21)13-7-4-11(2)5-8-13/h4-10,16H,3H2,1-2H3. The highest BCUT2D eigenvalue weighted by molar-refractivity contribution is 7.92. The minimum absolute atomic E-state index is 0.0336. The van der Waals surface area contributed by atoms with E-state index in [2.05, 4.69) is 4.72 Å². The van der Waals surface area contributed by atoms with Crippen LogP contribution in [0.2, 0.25) is 0 Å². The molecular weight excluding hydrogens is 320 g/mol. The van der Waals surface area contributed by atoms with Gasteiger partial charge in [-0.3, -0.25) is 14.8 Å². The minimum atomic E-state index is -3.91. The monoisotopic (exact) mass is 336 g/mol. The molecular formula is C15H16N2O5S. The largest absolute Gasteiger partial charge is 0.494 e. The van der Waals surface area contributed by atoms with Crippen molar-refractivity contribution in [2.45, 2.75) is 18.7 Å². The van der Waals surface area contributed by atoms with E-state index in [9.17, 15) is 18.5 Å².